The smallest absolute Gasteiger partial charge is 0.234 e. The molecule has 1 amide bonds. The largest absolute Gasteiger partial charge is 0.372 e. The third-order valence-corrected chi connectivity index (χ3v) is 6.59. The number of nitrogens with zero attached hydrogens (tertiary/aromatic N) is 4. The first-order valence-electron chi connectivity index (χ1n) is 9.96. The van der Waals surface area contributed by atoms with Crippen LogP contribution in [0, 0.1) is 13.8 Å². The Morgan fingerprint density at radius 2 is 1.87 bits per heavy atom. The second-order valence-electron chi connectivity index (χ2n) is 7.45. The maximum Gasteiger partial charge on any atom is 0.234 e. The molecule has 2 aromatic carbocycles. The predicted octanol–water partition coefficient (Wildman–Crippen LogP) is 4.87. The molecule has 1 fully saturated rings. The van der Waals surface area contributed by atoms with Crippen molar-refractivity contribution in [1.82, 2.24) is 14.8 Å². The molecular formula is C22H24ClN5OS. The van der Waals surface area contributed by atoms with Crippen LogP contribution in [0.4, 0.5) is 11.4 Å². The third kappa shape index (κ3) is 4.63. The minimum atomic E-state index is -0.0755. The van der Waals surface area contributed by atoms with Gasteiger partial charge in [0, 0.05) is 29.5 Å². The minimum Gasteiger partial charge on any atom is -0.372 e. The summed E-state index contributed by atoms with van der Waals surface area (Å²) >= 11 is 7.58. The van der Waals surface area contributed by atoms with Crippen LogP contribution < -0.4 is 10.2 Å². The number of benzene rings is 2. The Hall–Kier alpha value is -2.51. The average molecular weight is 442 g/mol. The maximum atomic E-state index is 12.5. The van der Waals surface area contributed by atoms with Gasteiger partial charge in [0.1, 0.15) is 6.33 Å². The molecule has 0 spiro atoms. The SMILES string of the molecule is Cc1ccc(-n2cnnc2SCC(=O)Nc2ccc(N3CCCC3)cc2C)cc1Cl. The van der Waals surface area contributed by atoms with Gasteiger partial charge < -0.3 is 10.2 Å². The highest BCUT2D eigenvalue weighted by molar-refractivity contribution is 7.99. The van der Waals surface area contributed by atoms with E-state index in [9.17, 15) is 4.79 Å². The Bertz CT molecular complexity index is 1060. The van der Waals surface area contributed by atoms with E-state index in [2.05, 4.69) is 32.5 Å². The van der Waals surface area contributed by atoms with E-state index in [1.807, 2.05) is 42.7 Å². The zero-order chi connectivity index (χ0) is 21.1. The summed E-state index contributed by atoms with van der Waals surface area (Å²) in [5, 5.41) is 12.5. The molecule has 1 N–H and O–H groups in total. The van der Waals surface area contributed by atoms with Crippen molar-refractivity contribution < 1.29 is 4.79 Å². The van der Waals surface area contributed by atoms with Gasteiger partial charge in [-0.15, -0.1) is 10.2 Å². The lowest BCUT2D eigenvalue weighted by atomic mass is 10.1. The van der Waals surface area contributed by atoms with Crippen molar-refractivity contribution in [2.75, 3.05) is 29.1 Å². The number of rotatable bonds is 6. The zero-order valence-corrected chi connectivity index (χ0v) is 18.6. The molecule has 0 saturated carbocycles. The molecule has 1 saturated heterocycles. The number of carbonyl (C=O) groups is 1. The van der Waals surface area contributed by atoms with E-state index < -0.39 is 0 Å². The summed E-state index contributed by atoms with van der Waals surface area (Å²) < 4.78 is 1.83. The number of nitrogens with one attached hydrogen (secondary N) is 1. The van der Waals surface area contributed by atoms with Crippen molar-refractivity contribution in [2.24, 2.45) is 0 Å². The molecule has 6 nitrogen and oxygen atoms in total. The molecule has 1 aliphatic heterocycles. The molecule has 0 radical (unpaired) electrons. The monoisotopic (exact) mass is 441 g/mol. The molecule has 0 aliphatic carbocycles. The van der Waals surface area contributed by atoms with Crippen LogP contribution in [-0.4, -0.2) is 39.5 Å². The second-order valence-corrected chi connectivity index (χ2v) is 8.80. The third-order valence-electron chi connectivity index (χ3n) is 5.24. The lowest BCUT2D eigenvalue weighted by Crippen LogP contribution is -2.18. The highest BCUT2D eigenvalue weighted by Gasteiger charge is 2.15. The molecular weight excluding hydrogens is 418 g/mol. The van der Waals surface area contributed by atoms with E-state index in [4.69, 9.17) is 11.6 Å². The first-order chi connectivity index (χ1) is 14.5. The number of halogens is 1. The Kier molecular flexibility index (Phi) is 6.29. The van der Waals surface area contributed by atoms with Crippen LogP contribution in [-0.2, 0) is 4.79 Å². The molecule has 3 aromatic rings. The summed E-state index contributed by atoms with van der Waals surface area (Å²) in [7, 11) is 0. The van der Waals surface area contributed by atoms with Gasteiger partial charge in [-0.3, -0.25) is 9.36 Å². The quantitative estimate of drug-likeness (QED) is 0.553. The lowest BCUT2D eigenvalue weighted by molar-refractivity contribution is -0.113. The van der Waals surface area contributed by atoms with E-state index in [-0.39, 0.29) is 11.7 Å². The van der Waals surface area contributed by atoms with Gasteiger partial charge >= 0.3 is 0 Å². The summed E-state index contributed by atoms with van der Waals surface area (Å²) in [6.45, 7) is 6.20. The van der Waals surface area contributed by atoms with Crippen LogP contribution >= 0.6 is 23.4 Å². The van der Waals surface area contributed by atoms with Gasteiger partial charge in [-0.25, -0.2) is 0 Å². The first-order valence-corrected chi connectivity index (χ1v) is 11.3. The fourth-order valence-corrected chi connectivity index (χ4v) is 4.41. The normalized spacial score (nSPS) is 13.6. The Labute approximate surface area is 185 Å². The van der Waals surface area contributed by atoms with Gasteiger partial charge in [0.15, 0.2) is 5.16 Å². The Balaban J connectivity index is 1.39. The lowest BCUT2D eigenvalue weighted by Gasteiger charge is -2.19. The van der Waals surface area contributed by atoms with Crippen molar-refractivity contribution in [3.63, 3.8) is 0 Å². The molecule has 8 heteroatoms. The van der Waals surface area contributed by atoms with Crippen LogP contribution in [0.3, 0.4) is 0 Å². The number of aromatic nitrogens is 3. The number of aryl methyl sites for hydroxylation is 2. The van der Waals surface area contributed by atoms with Crippen molar-refractivity contribution >= 4 is 40.6 Å². The van der Waals surface area contributed by atoms with Crippen molar-refractivity contribution in [3.05, 3.63) is 58.9 Å². The van der Waals surface area contributed by atoms with Gasteiger partial charge in [-0.05, 0) is 68.1 Å². The fraction of sp³-hybridized carbons (Fsp3) is 0.318. The molecule has 30 heavy (non-hydrogen) atoms. The van der Waals surface area contributed by atoms with E-state index in [1.54, 1.807) is 6.33 Å². The van der Waals surface area contributed by atoms with E-state index in [0.717, 1.165) is 35.6 Å². The molecule has 2 heterocycles. The van der Waals surface area contributed by atoms with Gasteiger partial charge in [-0.2, -0.15) is 0 Å². The number of amides is 1. The summed E-state index contributed by atoms with van der Waals surface area (Å²) in [6, 6.07) is 12.0. The highest BCUT2D eigenvalue weighted by atomic mass is 35.5. The zero-order valence-electron chi connectivity index (χ0n) is 17.1. The number of hydrogen-bond donors (Lipinski definition) is 1. The van der Waals surface area contributed by atoms with Crippen LogP contribution in [0.2, 0.25) is 5.02 Å². The van der Waals surface area contributed by atoms with E-state index >= 15 is 0 Å². The van der Waals surface area contributed by atoms with Gasteiger partial charge in [0.25, 0.3) is 0 Å². The van der Waals surface area contributed by atoms with Gasteiger partial charge in [0.2, 0.25) is 5.91 Å². The number of hydrogen-bond acceptors (Lipinski definition) is 5. The number of anilines is 2. The van der Waals surface area contributed by atoms with Crippen molar-refractivity contribution in [1.29, 1.82) is 0 Å². The molecule has 156 valence electrons. The van der Waals surface area contributed by atoms with E-state index in [0.29, 0.717) is 10.2 Å². The maximum absolute atomic E-state index is 12.5. The fourth-order valence-electron chi connectivity index (χ4n) is 3.51. The number of carbonyl (C=O) groups excluding carboxylic acids is 1. The van der Waals surface area contributed by atoms with Crippen molar-refractivity contribution in [2.45, 2.75) is 31.8 Å². The molecule has 4 rings (SSSR count). The number of thioether (sulfide) groups is 1. The van der Waals surface area contributed by atoms with Crippen molar-refractivity contribution in [3.8, 4) is 5.69 Å². The molecule has 0 atom stereocenters. The van der Waals surface area contributed by atoms with Crippen LogP contribution in [0.15, 0.2) is 47.9 Å². The average Bonchev–Trinajstić information content (AvgIpc) is 3.42. The van der Waals surface area contributed by atoms with E-state index in [1.165, 1.54) is 30.3 Å². The summed E-state index contributed by atoms with van der Waals surface area (Å²) in [5.74, 6) is 0.166. The van der Waals surface area contributed by atoms with Gasteiger partial charge in [-0.1, -0.05) is 29.4 Å². The molecule has 0 bridgehead atoms. The second kappa shape index (κ2) is 9.10. The Morgan fingerprint density at radius 1 is 1.10 bits per heavy atom. The standard InChI is InChI=1S/C22H24ClN5OS/c1-15-5-6-18(12-19(15)23)28-14-24-26-22(28)30-13-21(29)25-20-8-7-17(11-16(20)2)27-9-3-4-10-27/h5-8,11-12,14H,3-4,9-10,13H2,1-2H3,(H,25,29). The first kappa shape index (κ1) is 20.8. The molecule has 1 aromatic heterocycles. The topological polar surface area (TPSA) is 63.1 Å². The van der Waals surface area contributed by atoms with Gasteiger partial charge in [0.05, 0.1) is 11.4 Å². The summed E-state index contributed by atoms with van der Waals surface area (Å²) in [5.41, 5.74) is 5.01. The minimum absolute atomic E-state index is 0.0755. The molecule has 0 unspecified atom stereocenters. The van der Waals surface area contributed by atoms with Crippen LogP contribution in [0.25, 0.3) is 5.69 Å². The van der Waals surface area contributed by atoms with Crippen LogP contribution in [0.1, 0.15) is 24.0 Å². The summed E-state index contributed by atoms with van der Waals surface area (Å²) in [4.78, 5) is 14.9. The molecule has 1 aliphatic rings. The summed E-state index contributed by atoms with van der Waals surface area (Å²) in [6.07, 6.45) is 4.12. The Morgan fingerprint density at radius 3 is 2.60 bits per heavy atom. The van der Waals surface area contributed by atoms with Crippen LogP contribution in [0.5, 0.6) is 0 Å². The highest BCUT2D eigenvalue weighted by Crippen LogP contribution is 2.27. The predicted molar refractivity (Wildman–Crippen MR) is 123 cm³/mol.